The first-order valence-corrected chi connectivity index (χ1v) is 8.23. The van der Waals surface area contributed by atoms with Crippen molar-refractivity contribution in [2.24, 2.45) is 5.92 Å². The van der Waals surface area contributed by atoms with Crippen LogP contribution in [0.5, 0.6) is 0 Å². The van der Waals surface area contributed by atoms with Crippen LogP contribution in [0.2, 0.25) is 19.6 Å². The van der Waals surface area contributed by atoms with Crippen LogP contribution in [-0.2, 0) is 4.79 Å². The molecule has 0 aromatic heterocycles. The SMILES string of the molecule is CC(C)C[C@H](N[Si](C)(C)C)C(=O)O. The highest BCUT2D eigenvalue weighted by molar-refractivity contribution is 6.73. The minimum atomic E-state index is -1.48. The molecule has 0 unspecified atom stereocenters. The monoisotopic (exact) mass is 203 g/mol. The van der Waals surface area contributed by atoms with E-state index in [2.05, 4.69) is 24.6 Å². The molecule has 0 aliphatic rings. The number of hydrogen-bond donors (Lipinski definition) is 2. The van der Waals surface area contributed by atoms with Gasteiger partial charge < -0.3 is 10.1 Å². The van der Waals surface area contributed by atoms with Gasteiger partial charge in [-0.2, -0.15) is 0 Å². The summed E-state index contributed by atoms with van der Waals surface area (Å²) in [7, 11) is -1.48. The van der Waals surface area contributed by atoms with Crippen LogP contribution < -0.4 is 4.98 Å². The van der Waals surface area contributed by atoms with Crippen LogP contribution in [0.3, 0.4) is 0 Å². The van der Waals surface area contributed by atoms with E-state index < -0.39 is 14.2 Å². The average Bonchev–Trinajstić information content (AvgIpc) is 1.81. The fraction of sp³-hybridized carbons (Fsp3) is 0.889. The Balaban J connectivity index is 4.19. The summed E-state index contributed by atoms with van der Waals surface area (Å²) in [4.78, 5) is 14.1. The van der Waals surface area contributed by atoms with Gasteiger partial charge in [-0.3, -0.25) is 4.79 Å². The second kappa shape index (κ2) is 4.76. The number of nitrogens with one attached hydrogen (secondary N) is 1. The Morgan fingerprint density at radius 1 is 1.38 bits per heavy atom. The van der Waals surface area contributed by atoms with Crippen LogP contribution in [0.15, 0.2) is 0 Å². The van der Waals surface area contributed by atoms with Gasteiger partial charge >= 0.3 is 5.97 Å². The summed E-state index contributed by atoms with van der Waals surface area (Å²) in [5, 5.41) is 8.95. The van der Waals surface area contributed by atoms with Crippen molar-refractivity contribution in [3.63, 3.8) is 0 Å². The van der Waals surface area contributed by atoms with Crippen molar-refractivity contribution in [2.75, 3.05) is 0 Å². The van der Waals surface area contributed by atoms with Gasteiger partial charge in [0.05, 0.1) is 0 Å². The number of hydrogen-bond acceptors (Lipinski definition) is 2. The molecule has 1 atom stereocenters. The molecule has 0 radical (unpaired) electrons. The Kier molecular flexibility index (Phi) is 4.63. The van der Waals surface area contributed by atoms with E-state index in [1.165, 1.54) is 0 Å². The molecule has 0 aromatic carbocycles. The van der Waals surface area contributed by atoms with Gasteiger partial charge in [0.15, 0.2) is 0 Å². The molecule has 0 rings (SSSR count). The van der Waals surface area contributed by atoms with Crippen molar-refractivity contribution in [3.8, 4) is 0 Å². The number of carboxylic acid groups (broad SMARTS) is 1. The van der Waals surface area contributed by atoms with Gasteiger partial charge in [-0.25, -0.2) is 0 Å². The normalized spacial score (nSPS) is 14.6. The summed E-state index contributed by atoms with van der Waals surface area (Å²) in [5.74, 6) is -0.305. The van der Waals surface area contributed by atoms with Crippen LogP contribution in [0.25, 0.3) is 0 Å². The van der Waals surface area contributed by atoms with E-state index in [1.807, 2.05) is 13.8 Å². The summed E-state index contributed by atoms with van der Waals surface area (Å²) in [6, 6.07) is -0.369. The van der Waals surface area contributed by atoms with Crippen molar-refractivity contribution in [3.05, 3.63) is 0 Å². The smallest absolute Gasteiger partial charge is 0.320 e. The third-order valence-corrected chi connectivity index (χ3v) is 2.83. The Morgan fingerprint density at radius 3 is 2.08 bits per heavy atom. The van der Waals surface area contributed by atoms with Gasteiger partial charge in [-0.05, 0) is 12.3 Å². The third kappa shape index (κ3) is 6.78. The largest absolute Gasteiger partial charge is 0.480 e. The van der Waals surface area contributed by atoms with Crippen LogP contribution in [0.4, 0.5) is 0 Å². The quantitative estimate of drug-likeness (QED) is 0.671. The van der Waals surface area contributed by atoms with Crippen molar-refractivity contribution in [2.45, 2.75) is 46.0 Å². The molecular weight excluding hydrogens is 182 g/mol. The van der Waals surface area contributed by atoms with E-state index in [9.17, 15) is 4.79 Å². The summed E-state index contributed by atoms with van der Waals surface area (Å²) in [6.45, 7) is 10.4. The molecule has 0 aliphatic carbocycles. The first-order valence-electron chi connectivity index (χ1n) is 4.73. The van der Waals surface area contributed by atoms with Crippen molar-refractivity contribution in [1.82, 2.24) is 4.98 Å². The zero-order chi connectivity index (χ0) is 10.6. The molecule has 0 spiro atoms. The first-order chi connectivity index (χ1) is 5.72. The van der Waals surface area contributed by atoms with Gasteiger partial charge in [0.25, 0.3) is 0 Å². The molecule has 0 saturated heterocycles. The lowest BCUT2D eigenvalue weighted by Gasteiger charge is -2.25. The maximum absolute atomic E-state index is 10.9. The molecular formula is C9H21NO2Si. The molecule has 0 fully saturated rings. The minimum absolute atomic E-state index is 0.369. The van der Waals surface area contributed by atoms with E-state index in [-0.39, 0.29) is 6.04 Å². The topological polar surface area (TPSA) is 49.3 Å². The van der Waals surface area contributed by atoms with E-state index >= 15 is 0 Å². The summed E-state index contributed by atoms with van der Waals surface area (Å²) in [6.07, 6.45) is 0.708. The fourth-order valence-electron chi connectivity index (χ4n) is 1.22. The molecule has 3 nitrogen and oxygen atoms in total. The highest BCUT2D eigenvalue weighted by atomic mass is 28.3. The predicted molar refractivity (Wildman–Crippen MR) is 57.4 cm³/mol. The van der Waals surface area contributed by atoms with E-state index in [4.69, 9.17) is 5.11 Å². The highest BCUT2D eigenvalue weighted by Gasteiger charge is 2.24. The molecule has 4 heteroatoms. The van der Waals surface area contributed by atoms with Gasteiger partial charge in [0.2, 0.25) is 0 Å². The number of carbonyl (C=O) groups is 1. The number of rotatable bonds is 5. The van der Waals surface area contributed by atoms with Crippen LogP contribution in [0, 0.1) is 5.92 Å². The number of carboxylic acids is 1. The lowest BCUT2D eigenvalue weighted by molar-refractivity contribution is -0.139. The Hall–Kier alpha value is -0.353. The van der Waals surface area contributed by atoms with Crippen molar-refractivity contribution in [1.29, 1.82) is 0 Å². The standard InChI is InChI=1S/C9H21NO2Si/c1-7(2)6-8(9(11)12)10-13(3,4)5/h7-8,10H,6H2,1-5H3,(H,11,12)/t8-/m0/s1. The molecule has 0 aromatic rings. The molecule has 0 bridgehead atoms. The Bertz CT molecular complexity index is 175. The zero-order valence-corrected chi connectivity index (χ0v) is 10.2. The van der Waals surface area contributed by atoms with Crippen LogP contribution in [-0.4, -0.2) is 25.4 Å². The van der Waals surface area contributed by atoms with E-state index in [0.717, 1.165) is 0 Å². The minimum Gasteiger partial charge on any atom is -0.480 e. The Morgan fingerprint density at radius 2 is 1.85 bits per heavy atom. The molecule has 0 amide bonds. The van der Waals surface area contributed by atoms with E-state index in [1.54, 1.807) is 0 Å². The lowest BCUT2D eigenvalue weighted by Crippen LogP contribution is -2.51. The lowest BCUT2D eigenvalue weighted by atomic mass is 10.1. The summed E-state index contributed by atoms with van der Waals surface area (Å²) in [5.41, 5.74) is 0. The molecule has 2 N–H and O–H groups in total. The maximum Gasteiger partial charge on any atom is 0.320 e. The number of aliphatic carboxylic acids is 1. The third-order valence-electron chi connectivity index (χ3n) is 1.61. The molecule has 0 aliphatic heterocycles. The molecule has 0 heterocycles. The van der Waals surface area contributed by atoms with Crippen LogP contribution >= 0.6 is 0 Å². The second-order valence-electron chi connectivity index (χ2n) is 4.91. The predicted octanol–water partition coefficient (Wildman–Crippen LogP) is 1.91. The van der Waals surface area contributed by atoms with Gasteiger partial charge in [-0.15, -0.1) is 0 Å². The first kappa shape index (κ1) is 12.6. The molecule has 0 saturated carbocycles. The van der Waals surface area contributed by atoms with Gasteiger partial charge in [-0.1, -0.05) is 33.5 Å². The second-order valence-corrected chi connectivity index (χ2v) is 9.70. The zero-order valence-electron chi connectivity index (χ0n) is 9.22. The summed E-state index contributed by atoms with van der Waals surface area (Å²) >= 11 is 0. The fourth-order valence-corrected chi connectivity index (χ4v) is 2.50. The average molecular weight is 203 g/mol. The highest BCUT2D eigenvalue weighted by Crippen LogP contribution is 2.08. The molecule has 13 heavy (non-hydrogen) atoms. The Labute approximate surface area is 81.6 Å². The van der Waals surface area contributed by atoms with Crippen LogP contribution in [0.1, 0.15) is 20.3 Å². The molecule has 78 valence electrons. The maximum atomic E-state index is 10.9. The van der Waals surface area contributed by atoms with Gasteiger partial charge in [0.1, 0.15) is 14.3 Å². The van der Waals surface area contributed by atoms with Crippen molar-refractivity contribution < 1.29 is 9.90 Å². The summed E-state index contributed by atoms with van der Waals surface area (Å²) < 4.78 is 0. The van der Waals surface area contributed by atoms with E-state index in [0.29, 0.717) is 12.3 Å². The van der Waals surface area contributed by atoms with Gasteiger partial charge in [0, 0.05) is 0 Å². The van der Waals surface area contributed by atoms with Crippen molar-refractivity contribution >= 4 is 14.2 Å².